The third-order valence-corrected chi connectivity index (χ3v) is 7.64. The number of aromatic nitrogens is 1. The van der Waals surface area contributed by atoms with E-state index in [1.54, 1.807) is 13.3 Å². The van der Waals surface area contributed by atoms with Crippen LogP contribution in [0.4, 0.5) is 14.5 Å². The summed E-state index contributed by atoms with van der Waals surface area (Å²) in [6.45, 7) is 2.66. The van der Waals surface area contributed by atoms with Crippen LogP contribution in [0.3, 0.4) is 0 Å². The average Bonchev–Trinajstić information content (AvgIpc) is 2.88. The number of aryl methyl sites for hydroxylation is 1. The van der Waals surface area contributed by atoms with Gasteiger partial charge in [0.05, 0.1) is 25.7 Å². The number of carboxylic acid groups (broad SMARTS) is 1. The van der Waals surface area contributed by atoms with Crippen molar-refractivity contribution >= 4 is 22.6 Å². The maximum atomic E-state index is 13.4. The van der Waals surface area contributed by atoms with Gasteiger partial charge in [-0.2, -0.15) is 0 Å². The van der Waals surface area contributed by atoms with E-state index in [-0.39, 0.29) is 18.4 Å². The molecule has 9 heteroatoms. The first kappa shape index (κ1) is 27.7. The van der Waals surface area contributed by atoms with Crippen molar-refractivity contribution in [3.05, 3.63) is 65.4 Å². The number of ether oxygens (including phenoxy) is 1. The van der Waals surface area contributed by atoms with E-state index in [1.807, 2.05) is 18.2 Å². The van der Waals surface area contributed by atoms with E-state index in [0.29, 0.717) is 25.2 Å². The minimum absolute atomic E-state index is 0.110. The number of aliphatic hydroxyl groups is 1. The van der Waals surface area contributed by atoms with Crippen molar-refractivity contribution < 1.29 is 28.5 Å². The molecule has 0 amide bonds. The normalized spacial score (nSPS) is 15.5. The first-order chi connectivity index (χ1) is 18.3. The molecular formula is C29H35F2N3O4. The molecule has 1 aliphatic rings. The first-order valence-electron chi connectivity index (χ1n) is 13.0. The molecule has 0 radical (unpaired) electrons. The number of aliphatic hydroxyl groups excluding tert-OH is 1. The fourth-order valence-electron chi connectivity index (χ4n) is 5.57. The van der Waals surface area contributed by atoms with Gasteiger partial charge in [-0.05, 0) is 92.1 Å². The Bertz CT molecular complexity index is 1240. The lowest BCUT2D eigenvalue weighted by molar-refractivity contribution is -0.140. The Labute approximate surface area is 221 Å². The summed E-state index contributed by atoms with van der Waals surface area (Å²) in [6.07, 6.45) is 5.65. The van der Waals surface area contributed by atoms with Gasteiger partial charge in [0.1, 0.15) is 17.4 Å². The highest BCUT2D eigenvalue weighted by Gasteiger charge is 2.36. The number of aliphatic carboxylic acids is 1. The topological polar surface area (TPSA) is 94.9 Å². The highest BCUT2D eigenvalue weighted by Crippen LogP contribution is 2.40. The molecule has 204 valence electrons. The van der Waals surface area contributed by atoms with Gasteiger partial charge in [-0.3, -0.25) is 9.78 Å². The van der Waals surface area contributed by atoms with Crippen LogP contribution in [0.5, 0.6) is 5.75 Å². The van der Waals surface area contributed by atoms with Gasteiger partial charge in [-0.25, -0.2) is 8.78 Å². The van der Waals surface area contributed by atoms with E-state index in [4.69, 9.17) is 4.74 Å². The molecule has 3 aromatic rings. The number of carbonyl (C=O) groups is 1. The number of hydrogen-bond donors (Lipinski definition) is 3. The number of hydrogen-bond acceptors (Lipinski definition) is 6. The predicted molar refractivity (Wildman–Crippen MR) is 142 cm³/mol. The Balaban J connectivity index is 1.36. The van der Waals surface area contributed by atoms with Crippen LogP contribution in [-0.2, 0) is 17.8 Å². The number of anilines is 1. The van der Waals surface area contributed by atoms with Crippen molar-refractivity contribution in [3.63, 3.8) is 0 Å². The fourth-order valence-corrected chi connectivity index (χ4v) is 5.57. The van der Waals surface area contributed by atoms with Gasteiger partial charge < -0.3 is 25.2 Å². The summed E-state index contributed by atoms with van der Waals surface area (Å²) in [5.74, 6) is -1.30. The summed E-state index contributed by atoms with van der Waals surface area (Å²) in [7, 11) is 1.61. The van der Waals surface area contributed by atoms with Gasteiger partial charge >= 0.3 is 5.97 Å². The van der Waals surface area contributed by atoms with Crippen molar-refractivity contribution in [2.24, 2.45) is 5.41 Å². The molecule has 1 saturated heterocycles. The highest BCUT2D eigenvalue weighted by atomic mass is 19.1. The Hall–Kier alpha value is -3.30. The van der Waals surface area contributed by atoms with Gasteiger partial charge in [0.2, 0.25) is 0 Å². The molecule has 2 heterocycles. The molecule has 0 spiro atoms. The van der Waals surface area contributed by atoms with Crippen LogP contribution < -0.4 is 10.1 Å². The lowest BCUT2D eigenvalue weighted by Gasteiger charge is -2.41. The number of methoxy groups -OCH3 is 1. The van der Waals surface area contributed by atoms with E-state index in [0.717, 1.165) is 72.6 Å². The lowest BCUT2D eigenvalue weighted by atomic mass is 9.72. The number of halogens is 2. The number of fused-ring (bicyclic) bond motifs is 1. The molecule has 38 heavy (non-hydrogen) atoms. The van der Waals surface area contributed by atoms with Crippen LogP contribution in [0.15, 0.2) is 42.6 Å². The zero-order valence-electron chi connectivity index (χ0n) is 21.7. The summed E-state index contributed by atoms with van der Waals surface area (Å²) in [6, 6.07) is 9.08. The second kappa shape index (κ2) is 12.5. The maximum Gasteiger partial charge on any atom is 0.303 e. The molecule has 3 N–H and O–H groups in total. The molecular weight excluding hydrogens is 492 g/mol. The third kappa shape index (κ3) is 6.96. The molecule has 4 rings (SSSR count). The predicted octanol–water partition coefficient (Wildman–Crippen LogP) is 5.01. The van der Waals surface area contributed by atoms with Gasteiger partial charge in [-0.1, -0.05) is 0 Å². The van der Waals surface area contributed by atoms with Crippen LogP contribution in [-0.4, -0.2) is 59.4 Å². The number of piperidine rings is 1. The van der Waals surface area contributed by atoms with Crippen LogP contribution >= 0.6 is 0 Å². The van der Waals surface area contributed by atoms with E-state index in [1.165, 1.54) is 12.1 Å². The Morgan fingerprint density at radius 3 is 2.55 bits per heavy atom. The van der Waals surface area contributed by atoms with Gasteiger partial charge in [0.15, 0.2) is 0 Å². The largest absolute Gasteiger partial charge is 0.497 e. The minimum Gasteiger partial charge on any atom is -0.497 e. The highest BCUT2D eigenvalue weighted by molar-refractivity contribution is 5.84. The number of pyridine rings is 1. The van der Waals surface area contributed by atoms with E-state index in [9.17, 15) is 23.8 Å². The summed E-state index contributed by atoms with van der Waals surface area (Å²) >= 11 is 0. The van der Waals surface area contributed by atoms with Crippen molar-refractivity contribution in [1.29, 1.82) is 0 Å². The van der Waals surface area contributed by atoms with Crippen molar-refractivity contribution in [1.82, 2.24) is 9.88 Å². The van der Waals surface area contributed by atoms with Crippen LogP contribution in [0.1, 0.15) is 43.2 Å². The SMILES string of the molecule is COc1ccc2ncc(CO)c(CCCC3(CC(=O)O)CCN(CCNc4cc(F)cc(F)c4)CC3)c2c1. The fraction of sp³-hybridized carbons (Fsp3) is 0.448. The number of nitrogens with one attached hydrogen (secondary N) is 1. The Kier molecular flexibility index (Phi) is 9.12. The van der Waals surface area contributed by atoms with Gasteiger partial charge in [-0.15, -0.1) is 0 Å². The molecule has 1 aliphatic heterocycles. The standard InChI is InChI=1S/C29H35F2N3O4/c1-38-24-4-5-27-26(16-24)25(20(19-35)18-33-27)3-2-6-29(17-28(36)37)7-10-34(11-8-29)12-9-32-23-14-21(30)13-22(31)15-23/h4-5,13-16,18,32,35H,2-3,6-12,17,19H2,1H3,(H,36,37). The van der Waals surface area contributed by atoms with Crippen molar-refractivity contribution in [2.75, 3.05) is 38.6 Å². The second-order valence-corrected chi connectivity index (χ2v) is 10.2. The van der Waals surface area contributed by atoms with Gasteiger partial charge in [0, 0.05) is 36.4 Å². The summed E-state index contributed by atoms with van der Waals surface area (Å²) < 4.78 is 32.2. The second-order valence-electron chi connectivity index (χ2n) is 10.2. The summed E-state index contributed by atoms with van der Waals surface area (Å²) in [5, 5.41) is 23.6. The van der Waals surface area contributed by atoms with E-state index >= 15 is 0 Å². The summed E-state index contributed by atoms with van der Waals surface area (Å²) in [4.78, 5) is 18.5. The van der Waals surface area contributed by atoms with Crippen molar-refractivity contribution in [3.8, 4) is 5.75 Å². The minimum atomic E-state index is -0.789. The van der Waals surface area contributed by atoms with Crippen LogP contribution in [0.2, 0.25) is 0 Å². The first-order valence-corrected chi connectivity index (χ1v) is 13.0. The Morgan fingerprint density at radius 1 is 1.16 bits per heavy atom. The number of nitrogens with zero attached hydrogens (tertiary/aromatic N) is 2. The monoisotopic (exact) mass is 527 g/mol. The van der Waals surface area contributed by atoms with Gasteiger partial charge in [0.25, 0.3) is 0 Å². The quantitative estimate of drug-likeness (QED) is 0.305. The average molecular weight is 528 g/mol. The number of benzene rings is 2. The van der Waals surface area contributed by atoms with E-state index in [2.05, 4.69) is 15.2 Å². The van der Waals surface area contributed by atoms with E-state index < -0.39 is 17.6 Å². The molecule has 0 saturated carbocycles. The molecule has 1 fully saturated rings. The molecule has 2 aromatic carbocycles. The third-order valence-electron chi connectivity index (χ3n) is 7.64. The molecule has 0 unspecified atom stereocenters. The lowest BCUT2D eigenvalue weighted by Crippen LogP contribution is -2.43. The summed E-state index contributed by atoms with van der Waals surface area (Å²) in [5.41, 5.74) is 2.75. The van der Waals surface area contributed by atoms with Crippen molar-refractivity contribution in [2.45, 2.75) is 45.1 Å². The molecule has 0 bridgehead atoms. The number of carboxylic acids is 1. The zero-order chi connectivity index (χ0) is 27.1. The zero-order valence-corrected chi connectivity index (χ0v) is 21.7. The molecule has 1 aromatic heterocycles. The molecule has 0 atom stereocenters. The maximum absolute atomic E-state index is 13.4. The van der Waals surface area contributed by atoms with Crippen LogP contribution in [0.25, 0.3) is 10.9 Å². The number of likely N-dealkylation sites (tertiary alicyclic amines) is 1. The number of rotatable bonds is 12. The smallest absolute Gasteiger partial charge is 0.303 e. The Morgan fingerprint density at radius 2 is 1.89 bits per heavy atom. The van der Waals surface area contributed by atoms with Crippen LogP contribution in [0, 0.1) is 17.0 Å². The molecule has 7 nitrogen and oxygen atoms in total. The molecule has 0 aliphatic carbocycles.